The second-order valence-electron chi connectivity index (χ2n) is 5.23. The molecule has 0 fully saturated rings. The molecule has 0 heterocycles. The number of rotatable bonds is 5. The average Bonchev–Trinajstić information content (AvgIpc) is 1.93. The van der Waals surface area contributed by atoms with Crippen LogP contribution in [0, 0.1) is 5.41 Å². The van der Waals surface area contributed by atoms with Gasteiger partial charge in [0.1, 0.15) is 0 Å². The van der Waals surface area contributed by atoms with Gasteiger partial charge in [0.2, 0.25) is 6.79 Å². The van der Waals surface area contributed by atoms with Gasteiger partial charge in [-0.05, 0) is 25.7 Å². The highest BCUT2D eigenvalue weighted by Crippen LogP contribution is 2.29. The second kappa shape index (κ2) is 5.32. The van der Waals surface area contributed by atoms with Crippen molar-refractivity contribution in [2.75, 3.05) is 6.79 Å². The van der Waals surface area contributed by atoms with Crippen molar-refractivity contribution in [3.05, 3.63) is 0 Å². The molecule has 0 aromatic heterocycles. The van der Waals surface area contributed by atoms with Gasteiger partial charge in [0.25, 0.3) is 0 Å². The lowest BCUT2D eigenvalue weighted by atomic mass is 9.84. The zero-order chi connectivity index (χ0) is 12.1. The van der Waals surface area contributed by atoms with E-state index in [0.29, 0.717) is 0 Å². The minimum absolute atomic E-state index is 0.112. The van der Waals surface area contributed by atoms with Crippen LogP contribution in [0.3, 0.4) is 0 Å². The van der Waals surface area contributed by atoms with E-state index in [2.05, 4.69) is 30.4 Å². The highest BCUT2D eigenvalue weighted by atomic mass is 17.2. The summed E-state index contributed by atoms with van der Waals surface area (Å²) in [5, 5.41) is 8.17. The maximum absolute atomic E-state index is 9.99. The summed E-state index contributed by atoms with van der Waals surface area (Å²) in [4.78, 5) is 19.7. The maximum atomic E-state index is 9.99. The van der Waals surface area contributed by atoms with Gasteiger partial charge < -0.3 is 9.84 Å². The smallest absolute Gasteiger partial charge is 0.450 e. The molecular formula is C10H20O5. The summed E-state index contributed by atoms with van der Waals surface area (Å²) >= 11 is 0. The molecule has 1 N–H and O–H groups in total. The highest BCUT2D eigenvalue weighted by molar-refractivity contribution is 5.56. The monoisotopic (exact) mass is 220 g/mol. The van der Waals surface area contributed by atoms with E-state index in [9.17, 15) is 4.79 Å². The standard InChI is InChI=1S/C10H20O5/c1-9(2,3)6-10(4,5)15-14-7-13-8(11)12/h6-7H2,1-5H3,(H,11,12). The summed E-state index contributed by atoms with van der Waals surface area (Å²) in [6.45, 7) is 9.60. The summed E-state index contributed by atoms with van der Waals surface area (Å²) in [5.74, 6) is 0. The lowest BCUT2D eigenvalue weighted by Gasteiger charge is -2.30. The Hall–Kier alpha value is -0.810. The Bertz CT molecular complexity index is 204. The SMILES string of the molecule is CC(C)(C)CC(C)(C)OOCOC(=O)O. The Morgan fingerprint density at radius 2 is 1.73 bits per heavy atom. The molecule has 0 aromatic carbocycles. The first-order chi connectivity index (χ1) is 6.62. The third kappa shape index (κ3) is 9.49. The summed E-state index contributed by atoms with van der Waals surface area (Å²) in [5.41, 5.74) is -0.360. The Kier molecular flexibility index (Phi) is 5.03. The van der Waals surface area contributed by atoms with Gasteiger partial charge in [-0.2, -0.15) is 4.89 Å². The van der Waals surface area contributed by atoms with Crippen molar-refractivity contribution in [3.63, 3.8) is 0 Å². The lowest BCUT2D eigenvalue weighted by molar-refractivity contribution is -0.382. The molecule has 0 amide bonds. The van der Waals surface area contributed by atoms with E-state index in [1.807, 2.05) is 13.8 Å². The van der Waals surface area contributed by atoms with Crippen LogP contribution in [-0.4, -0.2) is 23.7 Å². The molecule has 0 radical (unpaired) electrons. The Morgan fingerprint density at radius 1 is 1.20 bits per heavy atom. The fraction of sp³-hybridized carbons (Fsp3) is 0.900. The van der Waals surface area contributed by atoms with Crippen molar-refractivity contribution in [1.82, 2.24) is 0 Å². The first-order valence-corrected chi connectivity index (χ1v) is 4.79. The van der Waals surface area contributed by atoms with Crippen molar-refractivity contribution in [3.8, 4) is 0 Å². The molecule has 0 atom stereocenters. The third-order valence-corrected chi connectivity index (χ3v) is 1.47. The zero-order valence-electron chi connectivity index (χ0n) is 9.99. The van der Waals surface area contributed by atoms with Crippen LogP contribution in [0.4, 0.5) is 4.79 Å². The average molecular weight is 220 g/mol. The molecule has 90 valence electrons. The quantitative estimate of drug-likeness (QED) is 0.254. The van der Waals surface area contributed by atoms with Crippen LogP contribution in [0.15, 0.2) is 0 Å². The van der Waals surface area contributed by atoms with Crippen LogP contribution >= 0.6 is 0 Å². The Balaban J connectivity index is 3.79. The first-order valence-electron chi connectivity index (χ1n) is 4.79. The van der Waals surface area contributed by atoms with E-state index >= 15 is 0 Å². The largest absolute Gasteiger partial charge is 0.507 e. The van der Waals surface area contributed by atoms with E-state index in [-0.39, 0.29) is 5.41 Å². The molecule has 15 heavy (non-hydrogen) atoms. The molecular weight excluding hydrogens is 200 g/mol. The molecule has 0 aliphatic carbocycles. The minimum Gasteiger partial charge on any atom is -0.450 e. The van der Waals surface area contributed by atoms with E-state index in [4.69, 9.17) is 9.99 Å². The summed E-state index contributed by atoms with van der Waals surface area (Å²) in [7, 11) is 0. The predicted molar refractivity (Wildman–Crippen MR) is 54.3 cm³/mol. The van der Waals surface area contributed by atoms with E-state index < -0.39 is 18.5 Å². The Labute approximate surface area is 90.2 Å². The molecule has 0 bridgehead atoms. The van der Waals surface area contributed by atoms with Gasteiger partial charge in [0.15, 0.2) is 0 Å². The number of carboxylic acid groups (broad SMARTS) is 1. The van der Waals surface area contributed by atoms with Gasteiger partial charge in [0.05, 0.1) is 5.60 Å². The van der Waals surface area contributed by atoms with Crippen molar-refractivity contribution in [1.29, 1.82) is 0 Å². The van der Waals surface area contributed by atoms with E-state index in [0.717, 1.165) is 6.42 Å². The van der Waals surface area contributed by atoms with Crippen LogP contribution in [0.25, 0.3) is 0 Å². The second-order valence-corrected chi connectivity index (χ2v) is 5.23. The molecule has 0 spiro atoms. The fourth-order valence-electron chi connectivity index (χ4n) is 1.56. The lowest BCUT2D eigenvalue weighted by Crippen LogP contribution is -2.30. The summed E-state index contributed by atoms with van der Waals surface area (Å²) in [6.07, 6.45) is -0.597. The van der Waals surface area contributed by atoms with Gasteiger partial charge in [0, 0.05) is 0 Å². The topological polar surface area (TPSA) is 65.0 Å². The van der Waals surface area contributed by atoms with Gasteiger partial charge in [-0.1, -0.05) is 20.8 Å². The predicted octanol–water partition coefficient (Wildman–Crippen LogP) is 2.80. The number of ether oxygens (including phenoxy) is 1. The molecule has 5 heteroatoms. The van der Waals surface area contributed by atoms with Crippen molar-refractivity contribution < 1.29 is 24.4 Å². The number of hydrogen-bond acceptors (Lipinski definition) is 4. The molecule has 0 saturated carbocycles. The summed E-state index contributed by atoms with van der Waals surface area (Å²) < 4.78 is 4.14. The van der Waals surface area contributed by atoms with Gasteiger partial charge >= 0.3 is 6.16 Å². The van der Waals surface area contributed by atoms with Crippen molar-refractivity contribution in [2.24, 2.45) is 5.41 Å². The normalized spacial score (nSPS) is 12.6. The maximum Gasteiger partial charge on any atom is 0.507 e. The molecule has 0 saturated heterocycles. The van der Waals surface area contributed by atoms with Gasteiger partial charge in [-0.15, -0.1) is 0 Å². The van der Waals surface area contributed by atoms with E-state index in [1.54, 1.807) is 0 Å². The van der Waals surface area contributed by atoms with E-state index in [1.165, 1.54) is 0 Å². The molecule has 0 aliphatic rings. The van der Waals surface area contributed by atoms with Crippen LogP contribution in [0.1, 0.15) is 41.0 Å². The first kappa shape index (κ1) is 14.2. The summed E-state index contributed by atoms with van der Waals surface area (Å²) in [6, 6.07) is 0. The van der Waals surface area contributed by atoms with Gasteiger partial charge in [-0.3, -0.25) is 0 Å². The van der Waals surface area contributed by atoms with Crippen LogP contribution < -0.4 is 0 Å². The fourth-order valence-corrected chi connectivity index (χ4v) is 1.56. The number of hydrogen-bond donors (Lipinski definition) is 1. The molecule has 0 aliphatic heterocycles. The third-order valence-electron chi connectivity index (χ3n) is 1.47. The van der Waals surface area contributed by atoms with Crippen LogP contribution in [-0.2, 0) is 14.5 Å². The zero-order valence-corrected chi connectivity index (χ0v) is 9.99. The molecule has 0 rings (SSSR count). The molecule has 0 unspecified atom stereocenters. The molecule has 0 aromatic rings. The van der Waals surface area contributed by atoms with Crippen molar-refractivity contribution >= 4 is 6.16 Å². The van der Waals surface area contributed by atoms with Crippen LogP contribution in [0.2, 0.25) is 0 Å². The number of carbonyl (C=O) groups is 1. The molecule has 5 nitrogen and oxygen atoms in total. The Morgan fingerprint density at radius 3 is 2.13 bits per heavy atom. The van der Waals surface area contributed by atoms with Crippen LogP contribution in [0.5, 0.6) is 0 Å². The van der Waals surface area contributed by atoms with Crippen molar-refractivity contribution in [2.45, 2.75) is 46.6 Å². The van der Waals surface area contributed by atoms with Gasteiger partial charge in [-0.25, -0.2) is 9.68 Å². The highest BCUT2D eigenvalue weighted by Gasteiger charge is 2.27. The minimum atomic E-state index is -1.38.